The summed E-state index contributed by atoms with van der Waals surface area (Å²) >= 11 is 5.96. The molecule has 2 heterocycles. The number of nitrogens with zero attached hydrogens (tertiary/aromatic N) is 2. The van der Waals surface area contributed by atoms with Crippen molar-refractivity contribution in [3.05, 3.63) is 34.9 Å². The van der Waals surface area contributed by atoms with Gasteiger partial charge in [-0.1, -0.05) is 23.7 Å². The minimum Gasteiger partial charge on any atom is -0.343 e. The van der Waals surface area contributed by atoms with Crippen LogP contribution in [0.2, 0.25) is 5.02 Å². The molecule has 0 radical (unpaired) electrons. The molecule has 0 saturated carbocycles. The largest absolute Gasteiger partial charge is 0.343 e. The van der Waals surface area contributed by atoms with E-state index in [1.165, 1.54) is 0 Å². The predicted octanol–water partition coefficient (Wildman–Crippen LogP) is 3.06. The van der Waals surface area contributed by atoms with Gasteiger partial charge in [0.1, 0.15) is 0 Å². The highest BCUT2D eigenvalue weighted by Gasteiger charge is 2.31. The van der Waals surface area contributed by atoms with E-state index in [1.807, 2.05) is 21.9 Å². The van der Waals surface area contributed by atoms with Crippen LogP contribution in [0.25, 0.3) is 0 Å². The van der Waals surface area contributed by atoms with Crippen molar-refractivity contribution in [2.75, 3.05) is 26.2 Å². The first-order valence-electron chi connectivity index (χ1n) is 8.47. The Morgan fingerprint density at radius 2 is 1.43 bits per heavy atom. The van der Waals surface area contributed by atoms with Crippen LogP contribution in [0.15, 0.2) is 24.3 Å². The molecule has 2 saturated heterocycles. The second-order valence-electron chi connectivity index (χ2n) is 6.43. The molecule has 2 aliphatic rings. The number of carbonyl (C=O) groups excluding carboxylic acids is 2. The number of halogens is 1. The van der Waals surface area contributed by atoms with E-state index < -0.39 is 5.92 Å². The highest BCUT2D eigenvalue weighted by atomic mass is 35.5. The molecule has 1 aromatic rings. The van der Waals surface area contributed by atoms with E-state index in [1.54, 1.807) is 12.1 Å². The van der Waals surface area contributed by atoms with Crippen LogP contribution in [0.1, 0.15) is 43.6 Å². The molecule has 0 spiro atoms. The van der Waals surface area contributed by atoms with Crippen molar-refractivity contribution in [3.63, 3.8) is 0 Å². The highest BCUT2D eigenvalue weighted by molar-refractivity contribution is 6.30. The maximum absolute atomic E-state index is 12.9. The lowest BCUT2D eigenvalue weighted by Crippen LogP contribution is -2.36. The first-order valence-corrected chi connectivity index (χ1v) is 8.85. The van der Waals surface area contributed by atoms with Gasteiger partial charge in [0.05, 0.1) is 5.92 Å². The molecule has 1 unspecified atom stereocenters. The van der Waals surface area contributed by atoms with Crippen LogP contribution in [0.4, 0.5) is 0 Å². The summed E-state index contributed by atoms with van der Waals surface area (Å²) in [6, 6.07) is 7.33. The van der Waals surface area contributed by atoms with E-state index >= 15 is 0 Å². The van der Waals surface area contributed by atoms with Gasteiger partial charge in [-0.25, -0.2) is 0 Å². The van der Waals surface area contributed by atoms with Crippen LogP contribution in [-0.4, -0.2) is 47.8 Å². The number of hydrogen-bond donors (Lipinski definition) is 0. The van der Waals surface area contributed by atoms with Gasteiger partial charge in [0.2, 0.25) is 11.8 Å². The van der Waals surface area contributed by atoms with E-state index in [-0.39, 0.29) is 18.2 Å². The monoisotopic (exact) mass is 334 g/mol. The Labute approximate surface area is 142 Å². The fraction of sp³-hybridized carbons (Fsp3) is 0.556. The Hall–Kier alpha value is -1.55. The van der Waals surface area contributed by atoms with E-state index in [0.717, 1.165) is 57.4 Å². The topological polar surface area (TPSA) is 40.6 Å². The van der Waals surface area contributed by atoms with Crippen LogP contribution >= 0.6 is 11.6 Å². The van der Waals surface area contributed by atoms with E-state index in [2.05, 4.69) is 0 Å². The SMILES string of the molecule is O=C(CC(C(=O)N1CCCC1)c1ccc(Cl)cc1)N1CCCC1. The van der Waals surface area contributed by atoms with Crippen LogP contribution in [0.5, 0.6) is 0 Å². The maximum atomic E-state index is 12.9. The zero-order chi connectivity index (χ0) is 16.2. The van der Waals surface area contributed by atoms with Gasteiger partial charge in [0, 0.05) is 37.6 Å². The van der Waals surface area contributed by atoms with Crippen molar-refractivity contribution >= 4 is 23.4 Å². The van der Waals surface area contributed by atoms with Gasteiger partial charge < -0.3 is 9.80 Å². The Morgan fingerprint density at radius 1 is 0.913 bits per heavy atom. The second-order valence-corrected chi connectivity index (χ2v) is 6.86. The molecule has 124 valence electrons. The summed E-state index contributed by atoms with van der Waals surface area (Å²) in [5, 5.41) is 0.645. The van der Waals surface area contributed by atoms with Crippen molar-refractivity contribution in [2.24, 2.45) is 0 Å². The van der Waals surface area contributed by atoms with Crippen molar-refractivity contribution in [3.8, 4) is 0 Å². The molecular formula is C18H23ClN2O2. The van der Waals surface area contributed by atoms with Gasteiger partial charge >= 0.3 is 0 Å². The third kappa shape index (κ3) is 3.86. The fourth-order valence-corrected chi connectivity index (χ4v) is 3.60. The Balaban J connectivity index is 1.78. The minimum absolute atomic E-state index is 0.0809. The molecule has 2 aliphatic heterocycles. The normalized spacial score (nSPS) is 19.2. The molecule has 5 heteroatoms. The first kappa shape index (κ1) is 16.3. The van der Waals surface area contributed by atoms with Gasteiger partial charge in [-0.3, -0.25) is 9.59 Å². The Kier molecular flexibility index (Phi) is 5.21. The minimum atomic E-state index is -0.390. The average Bonchev–Trinajstić information content (AvgIpc) is 3.25. The van der Waals surface area contributed by atoms with Crippen LogP contribution in [-0.2, 0) is 9.59 Å². The summed E-state index contributed by atoms with van der Waals surface area (Å²) < 4.78 is 0. The van der Waals surface area contributed by atoms with Gasteiger partial charge in [0.15, 0.2) is 0 Å². The number of benzene rings is 1. The van der Waals surface area contributed by atoms with Crippen molar-refractivity contribution in [1.29, 1.82) is 0 Å². The molecule has 0 N–H and O–H groups in total. The zero-order valence-electron chi connectivity index (χ0n) is 13.3. The van der Waals surface area contributed by atoms with Crippen molar-refractivity contribution in [1.82, 2.24) is 9.80 Å². The zero-order valence-corrected chi connectivity index (χ0v) is 14.1. The molecule has 23 heavy (non-hydrogen) atoms. The van der Waals surface area contributed by atoms with Gasteiger partial charge in [-0.15, -0.1) is 0 Å². The first-order chi connectivity index (χ1) is 11.1. The molecule has 3 rings (SSSR count). The summed E-state index contributed by atoms with van der Waals surface area (Å²) in [6.07, 6.45) is 4.50. The molecule has 2 fully saturated rings. The molecule has 2 amide bonds. The molecule has 1 atom stereocenters. The summed E-state index contributed by atoms with van der Waals surface area (Å²) in [6.45, 7) is 3.26. The van der Waals surface area contributed by atoms with Crippen LogP contribution in [0, 0.1) is 0 Å². The third-order valence-electron chi connectivity index (χ3n) is 4.83. The Morgan fingerprint density at radius 3 is 2.00 bits per heavy atom. The molecule has 4 nitrogen and oxygen atoms in total. The van der Waals surface area contributed by atoms with E-state index in [9.17, 15) is 9.59 Å². The number of likely N-dealkylation sites (tertiary alicyclic amines) is 2. The summed E-state index contributed by atoms with van der Waals surface area (Å²) in [7, 11) is 0. The number of rotatable bonds is 4. The number of carbonyl (C=O) groups is 2. The number of amides is 2. The van der Waals surface area contributed by atoms with Crippen molar-refractivity contribution in [2.45, 2.75) is 38.0 Å². The van der Waals surface area contributed by atoms with Gasteiger partial charge in [0.25, 0.3) is 0 Å². The quantitative estimate of drug-likeness (QED) is 0.849. The lowest BCUT2D eigenvalue weighted by atomic mass is 9.93. The fourth-order valence-electron chi connectivity index (χ4n) is 3.47. The second kappa shape index (κ2) is 7.35. The Bertz CT molecular complexity index is 561. The maximum Gasteiger partial charge on any atom is 0.230 e. The summed E-state index contributed by atoms with van der Waals surface area (Å²) in [5.74, 6) is -0.217. The van der Waals surface area contributed by atoms with Gasteiger partial charge in [-0.2, -0.15) is 0 Å². The van der Waals surface area contributed by atoms with Crippen LogP contribution < -0.4 is 0 Å². The lowest BCUT2D eigenvalue weighted by Gasteiger charge is -2.25. The van der Waals surface area contributed by atoms with Crippen molar-refractivity contribution < 1.29 is 9.59 Å². The lowest BCUT2D eigenvalue weighted by molar-refractivity contribution is -0.137. The highest BCUT2D eigenvalue weighted by Crippen LogP contribution is 2.27. The van der Waals surface area contributed by atoms with E-state index in [4.69, 9.17) is 11.6 Å². The summed E-state index contributed by atoms with van der Waals surface area (Å²) in [4.78, 5) is 29.2. The molecule has 0 aliphatic carbocycles. The van der Waals surface area contributed by atoms with Gasteiger partial charge in [-0.05, 0) is 43.4 Å². The average molecular weight is 335 g/mol. The smallest absolute Gasteiger partial charge is 0.230 e. The number of hydrogen-bond acceptors (Lipinski definition) is 2. The van der Waals surface area contributed by atoms with Crippen LogP contribution in [0.3, 0.4) is 0 Å². The molecule has 0 aromatic heterocycles. The summed E-state index contributed by atoms with van der Waals surface area (Å²) in [5.41, 5.74) is 0.888. The third-order valence-corrected chi connectivity index (χ3v) is 5.08. The standard InChI is InChI=1S/C18H23ClN2O2/c19-15-7-5-14(6-8-15)16(18(23)21-11-3-4-12-21)13-17(22)20-9-1-2-10-20/h5-8,16H,1-4,9-13H2. The molecule has 1 aromatic carbocycles. The predicted molar refractivity (Wildman–Crippen MR) is 90.4 cm³/mol. The molecular weight excluding hydrogens is 312 g/mol. The van der Waals surface area contributed by atoms with E-state index in [0.29, 0.717) is 5.02 Å². The molecule has 0 bridgehead atoms.